The summed E-state index contributed by atoms with van der Waals surface area (Å²) in [5.41, 5.74) is 1.41. The van der Waals surface area contributed by atoms with Crippen LogP contribution in [0.3, 0.4) is 0 Å². The quantitative estimate of drug-likeness (QED) is 0.178. The number of oxazole rings is 1. The molecule has 0 saturated heterocycles. The van der Waals surface area contributed by atoms with Gasteiger partial charge in [-0.2, -0.15) is 0 Å². The summed E-state index contributed by atoms with van der Waals surface area (Å²) in [6.45, 7) is 0.0589. The van der Waals surface area contributed by atoms with Crippen molar-refractivity contribution in [1.82, 2.24) is 9.71 Å². The van der Waals surface area contributed by atoms with Gasteiger partial charge in [-0.25, -0.2) is 31.3 Å². The molecule has 2 atom stereocenters. The third kappa shape index (κ3) is 6.82. The summed E-state index contributed by atoms with van der Waals surface area (Å²) in [4.78, 5) is 4.55. The molecule has 5 rings (SSSR count). The van der Waals surface area contributed by atoms with Crippen LogP contribution in [-0.2, 0) is 34.3 Å². The second-order valence-electron chi connectivity index (χ2n) is 10.7. The van der Waals surface area contributed by atoms with Gasteiger partial charge in [0, 0.05) is 17.2 Å². The van der Waals surface area contributed by atoms with E-state index in [1.807, 2.05) is 30.3 Å². The van der Waals surface area contributed by atoms with Crippen LogP contribution in [-0.4, -0.2) is 25.7 Å². The van der Waals surface area contributed by atoms with Gasteiger partial charge in [-0.1, -0.05) is 60.7 Å². The normalized spacial score (nSPS) is 19.0. The zero-order valence-corrected chi connectivity index (χ0v) is 24.4. The standard InChI is InChI=1S/C31H30ClF3N2O4S/c1-42(38,39)37-22-12-13-31(16-22,30-36-23(17-32)19-41-30)15-21-10-11-25(29(34)35)26(14-21)24-8-5-9-27(33)28(24)40-18-20-6-3-2-4-7-20/h2-11,14,19,22,29,37H,12-13,15-18H2,1H3/t22-,31+/m0/s1. The predicted octanol–water partition coefficient (Wildman–Crippen LogP) is 7.32. The molecular formula is C31H30ClF3N2O4S. The highest BCUT2D eigenvalue weighted by atomic mass is 35.5. The molecule has 42 heavy (non-hydrogen) atoms. The summed E-state index contributed by atoms with van der Waals surface area (Å²) >= 11 is 5.97. The molecule has 0 aliphatic heterocycles. The van der Waals surface area contributed by atoms with Gasteiger partial charge in [0.2, 0.25) is 15.9 Å². The van der Waals surface area contributed by atoms with Crippen LogP contribution in [0.4, 0.5) is 13.2 Å². The van der Waals surface area contributed by atoms with Crippen molar-refractivity contribution in [2.45, 2.75) is 56.1 Å². The summed E-state index contributed by atoms with van der Waals surface area (Å²) in [6, 6.07) is 17.6. The lowest BCUT2D eigenvalue weighted by Gasteiger charge is -2.27. The van der Waals surface area contributed by atoms with Crippen molar-refractivity contribution >= 4 is 21.6 Å². The smallest absolute Gasteiger partial charge is 0.264 e. The van der Waals surface area contributed by atoms with Gasteiger partial charge in [0.15, 0.2) is 11.6 Å². The van der Waals surface area contributed by atoms with E-state index in [1.54, 1.807) is 18.2 Å². The van der Waals surface area contributed by atoms with Crippen LogP contribution in [0, 0.1) is 5.82 Å². The van der Waals surface area contributed by atoms with Gasteiger partial charge < -0.3 is 9.15 Å². The minimum Gasteiger partial charge on any atom is -0.485 e. The fraction of sp³-hybridized carbons (Fsp3) is 0.323. The number of hydrogen-bond donors (Lipinski definition) is 1. The minimum atomic E-state index is -3.46. The Kier molecular flexibility index (Phi) is 8.96. The van der Waals surface area contributed by atoms with Crippen molar-refractivity contribution < 1.29 is 30.7 Å². The van der Waals surface area contributed by atoms with Gasteiger partial charge in [-0.15, -0.1) is 11.6 Å². The first kappa shape index (κ1) is 30.1. The fourth-order valence-electron chi connectivity index (χ4n) is 5.70. The highest BCUT2D eigenvalue weighted by Gasteiger charge is 2.45. The number of alkyl halides is 3. The van der Waals surface area contributed by atoms with Gasteiger partial charge in [-0.3, -0.25) is 0 Å². The number of nitrogens with one attached hydrogen (secondary N) is 1. The Morgan fingerprint density at radius 3 is 2.57 bits per heavy atom. The van der Waals surface area contributed by atoms with Gasteiger partial charge in [0.1, 0.15) is 12.9 Å². The summed E-state index contributed by atoms with van der Waals surface area (Å²) < 4.78 is 82.0. The van der Waals surface area contributed by atoms with Crippen LogP contribution >= 0.6 is 11.6 Å². The van der Waals surface area contributed by atoms with Gasteiger partial charge in [0.25, 0.3) is 6.43 Å². The summed E-state index contributed by atoms with van der Waals surface area (Å²) in [5.74, 6) is -0.228. The lowest BCUT2D eigenvalue weighted by Crippen LogP contribution is -2.35. The number of ether oxygens (including phenoxy) is 1. The van der Waals surface area contributed by atoms with E-state index in [0.29, 0.717) is 42.8 Å². The molecule has 0 amide bonds. The van der Waals surface area contributed by atoms with Crippen molar-refractivity contribution in [1.29, 1.82) is 0 Å². The Morgan fingerprint density at radius 2 is 1.88 bits per heavy atom. The molecule has 0 unspecified atom stereocenters. The number of rotatable bonds is 11. The molecule has 3 aromatic carbocycles. The van der Waals surface area contributed by atoms with E-state index in [-0.39, 0.29) is 41.0 Å². The first-order valence-corrected chi connectivity index (χ1v) is 15.8. The zero-order chi connectivity index (χ0) is 29.9. The highest BCUT2D eigenvalue weighted by molar-refractivity contribution is 7.88. The third-order valence-electron chi connectivity index (χ3n) is 7.51. The second kappa shape index (κ2) is 12.5. The van der Waals surface area contributed by atoms with Crippen LogP contribution in [0.15, 0.2) is 77.4 Å². The number of sulfonamides is 1. The molecule has 1 aromatic heterocycles. The molecule has 4 aromatic rings. The number of hydrogen-bond acceptors (Lipinski definition) is 5. The van der Waals surface area contributed by atoms with E-state index in [9.17, 15) is 17.2 Å². The van der Waals surface area contributed by atoms with E-state index in [0.717, 1.165) is 11.8 Å². The molecule has 1 heterocycles. The van der Waals surface area contributed by atoms with Crippen LogP contribution in [0.1, 0.15) is 54.0 Å². The van der Waals surface area contributed by atoms with Crippen molar-refractivity contribution in [2.75, 3.05) is 6.26 Å². The average Bonchev–Trinajstić information content (AvgIpc) is 3.60. The third-order valence-corrected chi connectivity index (χ3v) is 8.55. The molecule has 11 heteroatoms. The van der Waals surface area contributed by atoms with E-state index >= 15 is 4.39 Å². The number of benzene rings is 3. The van der Waals surface area contributed by atoms with Crippen molar-refractivity contribution in [3.63, 3.8) is 0 Å². The number of halogens is 4. The van der Waals surface area contributed by atoms with Crippen LogP contribution < -0.4 is 9.46 Å². The summed E-state index contributed by atoms with van der Waals surface area (Å²) in [7, 11) is -3.46. The average molecular weight is 619 g/mol. The lowest BCUT2D eigenvalue weighted by molar-refractivity contribution is 0.152. The maximum Gasteiger partial charge on any atom is 0.264 e. The van der Waals surface area contributed by atoms with Crippen molar-refractivity contribution in [3.8, 4) is 16.9 Å². The molecule has 0 spiro atoms. The number of nitrogens with zero attached hydrogens (tertiary/aromatic N) is 1. The van der Waals surface area contributed by atoms with Crippen molar-refractivity contribution in [3.05, 3.63) is 107 Å². The number of aromatic nitrogens is 1. The SMILES string of the molecule is CS(=O)(=O)N[C@H]1CC[C@](Cc2ccc(C(F)F)c(-c3cccc(F)c3OCc3ccccc3)c2)(c2nc(CCl)co2)C1. The van der Waals surface area contributed by atoms with Crippen LogP contribution in [0.5, 0.6) is 5.75 Å². The predicted molar refractivity (Wildman–Crippen MR) is 155 cm³/mol. The van der Waals surface area contributed by atoms with Crippen molar-refractivity contribution in [2.24, 2.45) is 0 Å². The molecule has 6 nitrogen and oxygen atoms in total. The molecule has 1 saturated carbocycles. The molecule has 1 aliphatic carbocycles. The summed E-state index contributed by atoms with van der Waals surface area (Å²) in [5, 5.41) is 0. The van der Waals surface area contributed by atoms with E-state index in [4.69, 9.17) is 20.8 Å². The first-order chi connectivity index (χ1) is 20.1. The monoisotopic (exact) mass is 618 g/mol. The van der Waals surface area contributed by atoms with Gasteiger partial charge >= 0.3 is 0 Å². The molecule has 0 radical (unpaired) electrons. The lowest BCUT2D eigenvalue weighted by atomic mass is 9.78. The largest absolute Gasteiger partial charge is 0.485 e. The maximum atomic E-state index is 15.1. The Bertz CT molecular complexity index is 1650. The molecule has 222 valence electrons. The highest BCUT2D eigenvalue weighted by Crippen LogP contribution is 2.45. The van der Waals surface area contributed by atoms with E-state index in [2.05, 4.69) is 9.71 Å². The van der Waals surface area contributed by atoms with Crippen LogP contribution in [0.2, 0.25) is 0 Å². The second-order valence-corrected chi connectivity index (χ2v) is 12.7. The maximum absolute atomic E-state index is 15.1. The first-order valence-electron chi connectivity index (χ1n) is 13.4. The Hall–Kier alpha value is -3.34. The van der Waals surface area contributed by atoms with Crippen LogP contribution in [0.25, 0.3) is 11.1 Å². The topological polar surface area (TPSA) is 81.4 Å². The van der Waals surface area contributed by atoms with Gasteiger partial charge in [-0.05, 0) is 48.4 Å². The Morgan fingerprint density at radius 1 is 1.10 bits per heavy atom. The zero-order valence-electron chi connectivity index (χ0n) is 22.8. The number of para-hydroxylation sites is 1. The molecule has 1 aliphatic rings. The Balaban J connectivity index is 1.53. The molecule has 1 fully saturated rings. The molecule has 1 N–H and O–H groups in total. The molecular weight excluding hydrogens is 589 g/mol. The van der Waals surface area contributed by atoms with Gasteiger partial charge in [0.05, 0.1) is 23.2 Å². The van der Waals surface area contributed by atoms with E-state index in [1.165, 1.54) is 24.5 Å². The molecule has 0 bridgehead atoms. The van der Waals surface area contributed by atoms with E-state index < -0.39 is 27.7 Å². The minimum absolute atomic E-state index is 0.0589. The fourth-order valence-corrected chi connectivity index (χ4v) is 6.63. The summed E-state index contributed by atoms with van der Waals surface area (Å²) in [6.07, 6.45) is 1.55. The Labute approximate surface area is 247 Å².